The number of amides is 2. The van der Waals surface area contributed by atoms with E-state index in [1.54, 1.807) is 37.6 Å². The number of aliphatic imine (C=N–C) groups is 1. The minimum atomic E-state index is -0.322. The van der Waals surface area contributed by atoms with E-state index in [1.807, 2.05) is 36.4 Å². The van der Waals surface area contributed by atoms with Crippen molar-refractivity contribution in [1.82, 2.24) is 4.98 Å². The minimum absolute atomic E-state index is 0.0368. The first-order valence-electron chi connectivity index (χ1n) is 9.56. The van der Waals surface area contributed by atoms with Crippen molar-refractivity contribution in [3.8, 4) is 5.75 Å². The molecule has 0 saturated heterocycles. The lowest BCUT2D eigenvalue weighted by Crippen LogP contribution is -2.38. The Labute approximate surface area is 187 Å². The topological polar surface area (TPSA) is 83.9 Å². The number of carbonyl (C=O) groups excluding carboxylic acids is 2. The van der Waals surface area contributed by atoms with Crippen LogP contribution in [0, 0.1) is 0 Å². The van der Waals surface area contributed by atoms with E-state index in [2.05, 4.69) is 31.2 Å². The van der Waals surface area contributed by atoms with Crippen LogP contribution in [0.4, 0.5) is 17.2 Å². The molecule has 0 bridgehead atoms. The fraction of sp³-hybridized carbons (Fsp3) is 0.130. The van der Waals surface area contributed by atoms with Gasteiger partial charge >= 0.3 is 0 Å². The molecule has 0 atom stereocenters. The summed E-state index contributed by atoms with van der Waals surface area (Å²) in [5.74, 6) is 0.451. The summed E-state index contributed by atoms with van der Waals surface area (Å²) in [7, 11) is 1.59. The molecule has 8 heteroatoms. The molecule has 0 radical (unpaired) electrons. The maximum Gasteiger partial charge on any atom is 0.244 e. The number of hydrogen-bond acceptors (Lipinski definition) is 5. The molecule has 1 N–H and O–H groups in total. The van der Waals surface area contributed by atoms with Gasteiger partial charge in [-0.15, -0.1) is 0 Å². The number of hydrogen-bond donors (Lipinski definition) is 1. The van der Waals surface area contributed by atoms with Gasteiger partial charge in [0, 0.05) is 21.9 Å². The molecule has 3 aromatic rings. The summed E-state index contributed by atoms with van der Waals surface area (Å²) in [6, 6.07) is 18.1. The van der Waals surface area contributed by atoms with E-state index >= 15 is 0 Å². The smallest absolute Gasteiger partial charge is 0.244 e. The van der Waals surface area contributed by atoms with Crippen LogP contribution >= 0.6 is 15.9 Å². The molecule has 4 rings (SSSR count). The van der Waals surface area contributed by atoms with Gasteiger partial charge in [0.05, 0.1) is 19.2 Å². The van der Waals surface area contributed by atoms with E-state index in [4.69, 9.17) is 4.74 Å². The Kier molecular flexibility index (Phi) is 6.08. The monoisotopic (exact) mass is 478 g/mol. The number of aromatic nitrogens is 1. The van der Waals surface area contributed by atoms with Crippen molar-refractivity contribution in [1.29, 1.82) is 0 Å². The molecule has 1 aliphatic heterocycles. The summed E-state index contributed by atoms with van der Waals surface area (Å²) in [4.78, 5) is 36.2. The molecule has 2 amide bonds. The summed E-state index contributed by atoms with van der Waals surface area (Å²) in [6.07, 6.45) is 1.62. The number of methoxy groups -OCH3 is 1. The molecule has 0 fully saturated rings. The zero-order valence-corrected chi connectivity index (χ0v) is 18.3. The maximum atomic E-state index is 13.1. The number of benzene rings is 2. The summed E-state index contributed by atoms with van der Waals surface area (Å²) >= 11 is 3.37. The number of halogens is 1. The highest BCUT2D eigenvalue weighted by Gasteiger charge is 2.27. The molecule has 1 aliphatic rings. The first-order valence-corrected chi connectivity index (χ1v) is 10.4. The minimum Gasteiger partial charge on any atom is -0.497 e. The van der Waals surface area contributed by atoms with Crippen LogP contribution in [0.15, 0.2) is 76.3 Å². The largest absolute Gasteiger partial charge is 0.497 e. The van der Waals surface area contributed by atoms with E-state index < -0.39 is 0 Å². The number of nitrogens with zero attached hydrogens (tertiary/aromatic N) is 3. The van der Waals surface area contributed by atoms with Crippen molar-refractivity contribution in [2.45, 2.75) is 6.42 Å². The van der Waals surface area contributed by atoms with Crippen LogP contribution in [0.2, 0.25) is 0 Å². The fourth-order valence-electron chi connectivity index (χ4n) is 3.24. The molecule has 0 spiro atoms. The molecule has 31 heavy (non-hydrogen) atoms. The zero-order valence-electron chi connectivity index (χ0n) is 16.7. The van der Waals surface area contributed by atoms with Crippen LogP contribution in [0.25, 0.3) is 0 Å². The lowest BCUT2D eigenvalue weighted by Gasteiger charge is -2.20. The van der Waals surface area contributed by atoms with E-state index in [0.29, 0.717) is 28.7 Å². The van der Waals surface area contributed by atoms with Crippen molar-refractivity contribution in [3.05, 3.63) is 76.9 Å². The van der Waals surface area contributed by atoms with E-state index in [0.717, 1.165) is 10.0 Å². The van der Waals surface area contributed by atoms with Crippen LogP contribution in [-0.2, 0) is 9.59 Å². The van der Waals surface area contributed by atoms with E-state index in [1.165, 1.54) is 4.90 Å². The van der Waals surface area contributed by atoms with Gasteiger partial charge in [-0.3, -0.25) is 14.5 Å². The Bertz CT molecular complexity index is 1160. The average molecular weight is 479 g/mol. The molecular formula is C23H19BrN4O3. The standard InChI is InChI=1S/C23H19BrN4O3/c1-31-18-5-2-4-15(12-18)20-13-22(30)28(23-19(27-20)6-3-11-25-23)14-21(29)26-17-9-7-16(24)8-10-17/h2-12H,13-14H2,1H3,(H,26,29). The first-order chi connectivity index (χ1) is 15.0. The SMILES string of the molecule is COc1cccc(C2=Nc3cccnc3N(CC(=O)Nc3ccc(Br)cc3)C(=O)C2)c1. The normalized spacial score (nSPS) is 13.2. The van der Waals surface area contributed by atoms with Crippen LogP contribution in [0.5, 0.6) is 5.75 Å². The van der Waals surface area contributed by atoms with Crippen LogP contribution in [0.3, 0.4) is 0 Å². The van der Waals surface area contributed by atoms with Gasteiger partial charge < -0.3 is 10.1 Å². The molecule has 0 aliphatic carbocycles. The third kappa shape index (κ3) is 4.80. The summed E-state index contributed by atoms with van der Waals surface area (Å²) in [6.45, 7) is -0.167. The Morgan fingerprint density at radius 2 is 1.97 bits per heavy atom. The van der Waals surface area contributed by atoms with Gasteiger partial charge in [0.1, 0.15) is 18.0 Å². The second kappa shape index (κ2) is 9.09. The highest BCUT2D eigenvalue weighted by molar-refractivity contribution is 9.10. The maximum absolute atomic E-state index is 13.1. The van der Waals surface area contributed by atoms with Crippen LogP contribution in [-0.4, -0.2) is 36.2 Å². The van der Waals surface area contributed by atoms with Gasteiger partial charge in [0.2, 0.25) is 11.8 Å². The van der Waals surface area contributed by atoms with E-state index in [-0.39, 0.29) is 24.8 Å². The fourth-order valence-corrected chi connectivity index (χ4v) is 3.50. The van der Waals surface area contributed by atoms with E-state index in [9.17, 15) is 9.59 Å². The molecule has 156 valence electrons. The number of anilines is 2. The van der Waals surface area contributed by atoms with Crippen LogP contribution in [0.1, 0.15) is 12.0 Å². The Balaban J connectivity index is 1.61. The van der Waals surface area contributed by atoms with Gasteiger partial charge in [-0.1, -0.05) is 28.1 Å². The predicted molar refractivity (Wildman–Crippen MR) is 123 cm³/mol. The van der Waals surface area contributed by atoms with Crippen molar-refractivity contribution in [2.24, 2.45) is 4.99 Å². The molecule has 2 aromatic carbocycles. The molecule has 2 heterocycles. The van der Waals surface area contributed by atoms with Crippen molar-refractivity contribution in [3.63, 3.8) is 0 Å². The van der Waals surface area contributed by atoms with Crippen LogP contribution < -0.4 is 15.0 Å². The summed E-state index contributed by atoms with van der Waals surface area (Å²) in [5.41, 5.74) is 2.55. The third-order valence-corrected chi connectivity index (χ3v) is 5.26. The highest BCUT2D eigenvalue weighted by atomic mass is 79.9. The highest BCUT2D eigenvalue weighted by Crippen LogP contribution is 2.31. The van der Waals surface area contributed by atoms with Crippen molar-refractivity contribution >= 4 is 50.6 Å². The number of fused-ring (bicyclic) bond motifs is 1. The molecular weight excluding hydrogens is 460 g/mol. The number of pyridine rings is 1. The molecule has 7 nitrogen and oxygen atoms in total. The van der Waals surface area contributed by atoms with Crippen molar-refractivity contribution < 1.29 is 14.3 Å². The second-order valence-corrected chi connectivity index (χ2v) is 7.76. The third-order valence-electron chi connectivity index (χ3n) is 4.73. The van der Waals surface area contributed by atoms with Gasteiger partial charge in [-0.2, -0.15) is 0 Å². The average Bonchev–Trinajstić information content (AvgIpc) is 2.92. The lowest BCUT2D eigenvalue weighted by atomic mass is 10.1. The summed E-state index contributed by atoms with van der Waals surface area (Å²) in [5, 5.41) is 2.81. The second-order valence-electron chi connectivity index (χ2n) is 6.85. The van der Waals surface area contributed by atoms with Gasteiger partial charge in [-0.25, -0.2) is 9.98 Å². The molecule has 0 unspecified atom stereocenters. The number of nitrogens with one attached hydrogen (secondary N) is 1. The number of ether oxygens (including phenoxy) is 1. The first kappa shape index (κ1) is 20.7. The zero-order chi connectivity index (χ0) is 21.8. The lowest BCUT2D eigenvalue weighted by molar-refractivity contribution is -0.120. The Morgan fingerprint density at radius 1 is 1.16 bits per heavy atom. The summed E-state index contributed by atoms with van der Waals surface area (Å²) < 4.78 is 6.20. The number of carbonyl (C=O) groups is 2. The van der Waals surface area contributed by atoms with Gasteiger partial charge in [0.25, 0.3) is 0 Å². The number of rotatable bonds is 5. The van der Waals surface area contributed by atoms with Gasteiger partial charge in [0.15, 0.2) is 5.82 Å². The molecule has 1 aromatic heterocycles. The Morgan fingerprint density at radius 3 is 2.74 bits per heavy atom. The molecule has 0 saturated carbocycles. The predicted octanol–water partition coefficient (Wildman–Crippen LogP) is 4.35. The quantitative estimate of drug-likeness (QED) is 0.590. The van der Waals surface area contributed by atoms with Crippen molar-refractivity contribution in [2.75, 3.05) is 23.9 Å². The van der Waals surface area contributed by atoms with Gasteiger partial charge in [-0.05, 0) is 48.5 Å². The Hall–Kier alpha value is -3.52.